The Labute approximate surface area is 146 Å². The summed E-state index contributed by atoms with van der Waals surface area (Å²) in [6, 6.07) is 5.92. The molecule has 7 heteroatoms. The standard InChI is InChI=1S/C17H20ClN3O3/c1-10(2)6-15(17(23)24)20-9-12(8-19)16(22)21-14-7-13(18)5-4-11(14)3/h4-5,7,9-10,15,20H,6H2,1-3H3,(H,21,22)(H,23,24)/b12-9-. The van der Waals surface area contributed by atoms with Crippen LogP contribution >= 0.6 is 11.6 Å². The van der Waals surface area contributed by atoms with Gasteiger partial charge in [0.15, 0.2) is 0 Å². The van der Waals surface area contributed by atoms with Gasteiger partial charge < -0.3 is 15.7 Å². The number of carbonyl (C=O) groups is 2. The fourth-order valence-corrected chi connectivity index (χ4v) is 2.13. The largest absolute Gasteiger partial charge is 0.480 e. The van der Waals surface area contributed by atoms with Crippen molar-refractivity contribution in [3.8, 4) is 6.07 Å². The van der Waals surface area contributed by atoms with Gasteiger partial charge in [0, 0.05) is 16.9 Å². The van der Waals surface area contributed by atoms with E-state index in [0.29, 0.717) is 17.1 Å². The van der Waals surface area contributed by atoms with Crippen LogP contribution in [-0.2, 0) is 9.59 Å². The summed E-state index contributed by atoms with van der Waals surface area (Å²) in [5.74, 6) is -1.52. The van der Waals surface area contributed by atoms with Crippen LogP contribution < -0.4 is 10.6 Å². The molecule has 128 valence electrons. The van der Waals surface area contributed by atoms with Gasteiger partial charge in [-0.05, 0) is 37.0 Å². The molecule has 1 aromatic rings. The van der Waals surface area contributed by atoms with Gasteiger partial charge in [0.05, 0.1) is 0 Å². The molecule has 0 heterocycles. The van der Waals surface area contributed by atoms with Gasteiger partial charge >= 0.3 is 5.97 Å². The van der Waals surface area contributed by atoms with Crippen LogP contribution in [0, 0.1) is 24.2 Å². The van der Waals surface area contributed by atoms with E-state index in [0.717, 1.165) is 11.8 Å². The van der Waals surface area contributed by atoms with Crippen molar-refractivity contribution in [2.75, 3.05) is 5.32 Å². The average Bonchev–Trinajstić information content (AvgIpc) is 2.49. The highest BCUT2D eigenvalue weighted by atomic mass is 35.5. The van der Waals surface area contributed by atoms with E-state index in [1.54, 1.807) is 31.2 Å². The van der Waals surface area contributed by atoms with Crippen molar-refractivity contribution in [1.82, 2.24) is 5.32 Å². The van der Waals surface area contributed by atoms with Crippen LogP contribution in [0.1, 0.15) is 25.8 Å². The number of hydrogen-bond donors (Lipinski definition) is 3. The highest BCUT2D eigenvalue weighted by Gasteiger charge is 2.18. The van der Waals surface area contributed by atoms with Crippen LogP contribution in [0.2, 0.25) is 5.02 Å². The average molecular weight is 350 g/mol. The maximum absolute atomic E-state index is 12.2. The number of anilines is 1. The summed E-state index contributed by atoms with van der Waals surface area (Å²) in [4.78, 5) is 23.4. The SMILES string of the molecule is Cc1ccc(Cl)cc1NC(=O)/C(C#N)=C\NC(CC(C)C)C(=O)O. The van der Waals surface area contributed by atoms with Crippen molar-refractivity contribution in [2.24, 2.45) is 5.92 Å². The molecule has 0 spiro atoms. The van der Waals surface area contributed by atoms with E-state index in [1.165, 1.54) is 0 Å². The molecule has 6 nitrogen and oxygen atoms in total. The number of aryl methyl sites for hydroxylation is 1. The lowest BCUT2D eigenvalue weighted by molar-refractivity contribution is -0.139. The Balaban J connectivity index is 2.87. The molecule has 0 saturated heterocycles. The van der Waals surface area contributed by atoms with Crippen LogP contribution in [0.5, 0.6) is 0 Å². The topological polar surface area (TPSA) is 102 Å². The van der Waals surface area contributed by atoms with Gasteiger partial charge in [-0.3, -0.25) is 4.79 Å². The van der Waals surface area contributed by atoms with E-state index in [2.05, 4.69) is 10.6 Å². The molecule has 0 radical (unpaired) electrons. The lowest BCUT2D eigenvalue weighted by atomic mass is 10.0. The lowest BCUT2D eigenvalue weighted by Crippen LogP contribution is -2.35. The third-order valence-electron chi connectivity index (χ3n) is 3.25. The molecule has 0 aromatic heterocycles. The predicted molar refractivity (Wildman–Crippen MR) is 92.5 cm³/mol. The minimum atomic E-state index is -1.04. The van der Waals surface area contributed by atoms with Gasteiger partial charge in [-0.25, -0.2) is 4.79 Å². The molecular weight excluding hydrogens is 330 g/mol. The van der Waals surface area contributed by atoms with Crippen molar-refractivity contribution in [1.29, 1.82) is 5.26 Å². The first-order valence-corrected chi connectivity index (χ1v) is 7.79. The zero-order valence-electron chi connectivity index (χ0n) is 13.8. The molecule has 1 rings (SSSR count). The second-order valence-electron chi connectivity index (χ2n) is 5.77. The smallest absolute Gasteiger partial charge is 0.326 e. The molecule has 1 aromatic carbocycles. The number of hydrogen-bond acceptors (Lipinski definition) is 4. The molecule has 3 N–H and O–H groups in total. The van der Waals surface area contributed by atoms with E-state index in [4.69, 9.17) is 22.0 Å². The monoisotopic (exact) mass is 349 g/mol. The molecule has 0 saturated carbocycles. The first kappa shape index (κ1) is 19.5. The molecule has 0 bridgehead atoms. The van der Waals surface area contributed by atoms with Crippen molar-refractivity contribution < 1.29 is 14.7 Å². The van der Waals surface area contributed by atoms with E-state index >= 15 is 0 Å². The fourth-order valence-electron chi connectivity index (χ4n) is 1.96. The summed E-state index contributed by atoms with van der Waals surface area (Å²) < 4.78 is 0. The van der Waals surface area contributed by atoms with Crippen molar-refractivity contribution in [3.05, 3.63) is 40.6 Å². The Morgan fingerprint density at radius 2 is 2.08 bits per heavy atom. The van der Waals surface area contributed by atoms with Crippen molar-refractivity contribution in [2.45, 2.75) is 33.2 Å². The van der Waals surface area contributed by atoms with Gasteiger partial charge in [0.2, 0.25) is 0 Å². The number of carboxylic acid groups (broad SMARTS) is 1. The predicted octanol–water partition coefficient (Wildman–Crippen LogP) is 3.08. The highest BCUT2D eigenvalue weighted by Crippen LogP contribution is 2.20. The number of rotatable bonds is 7. The molecule has 0 aliphatic rings. The van der Waals surface area contributed by atoms with Gasteiger partial charge in [0.1, 0.15) is 17.7 Å². The van der Waals surface area contributed by atoms with Crippen LogP contribution in [0.15, 0.2) is 30.0 Å². The van der Waals surface area contributed by atoms with E-state index < -0.39 is 17.9 Å². The summed E-state index contributed by atoms with van der Waals surface area (Å²) in [7, 11) is 0. The first-order valence-electron chi connectivity index (χ1n) is 7.41. The summed E-state index contributed by atoms with van der Waals surface area (Å²) in [5, 5.41) is 24.0. The third-order valence-corrected chi connectivity index (χ3v) is 3.48. The first-order chi connectivity index (χ1) is 11.2. The maximum Gasteiger partial charge on any atom is 0.326 e. The third kappa shape index (κ3) is 5.94. The summed E-state index contributed by atoms with van der Waals surface area (Å²) >= 11 is 5.89. The molecule has 0 aliphatic heterocycles. The van der Waals surface area contributed by atoms with E-state index in [9.17, 15) is 9.59 Å². The van der Waals surface area contributed by atoms with E-state index in [1.807, 2.05) is 13.8 Å². The molecule has 24 heavy (non-hydrogen) atoms. The van der Waals surface area contributed by atoms with Crippen molar-refractivity contribution >= 4 is 29.2 Å². The lowest BCUT2D eigenvalue weighted by Gasteiger charge is -2.15. The Morgan fingerprint density at radius 3 is 2.62 bits per heavy atom. The minimum absolute atomic E-state index is 0.153. The number of carbonyl (C=O) groups excluding carboxylic acids is 1. The number of aliphatic carboxylic acids is 1. The molecule has 1 amide bonds. The van der Waals surface area contributed by atoms with Gasteiger partial charge in [0.25, 0.3) is 5.91 Å². The highest BCUT2D eigenvalue weighted by molar-refractivity contribution is 6.31. The summed E-state index contributed by atoms with van der Waals surface area (Å²) in [6.45, 7) is 5.57. The van der Waals surface area contributed by atoms with Crippen LogP contribution in [0.25, 0.3) is 0 Å². The second kappa shape index (κ2) is 8.94. The molecular formula is C17H20ClN3O3. The zero-order chi connectivity index (χ0) is 18.3. The number of carboxylic acids is 1. The summed E-state index contributed by atoms with van der Waals surface area (Å²) in [5.41, 5.74) is 1.07. The number of nitrogens with zero attached hydrogens (tertiary/aromatic N) is 1. The number of amides is 1. The second-order valence-corrected chi connectivity index (χ2v) is 6.21. The number of nitrogens with one attached hydrogen (secondary N) is 2. The van der Waals surface area contributed by atoms with Gasteiger partial charge in [-0.15, -0.1) is 0 Å². The number of halogens is 1. The maximum atomic E-state index is 12.2. The Kier molecular flexibility index (Phi) is 7.28. The quantitative estimate of drug-likeness (QED) is 0.518. The Morgan fingerprint density at radius 1 is 1.42 bits per heavy atom. The zero-order valence-corrected chi connectivity index (χ0v) is 14.5. The molecule has 0 fully saturated rings. The number of nitriles is 1. The Hall–Kier alpha value is -2.52. The van der Waals surface area contributed by atoms with Crippen LogP contribution in [0.3, 0.4) is 0 Å². The molecule has 1 atom stereocenters. The normalized spacial score (nSPS) is 12.4. The minimum Gasteiger partial charge on any atom is -0.480 e. The fraction of sp³-hybridized carbons (Fsp3) is 0.353. The van der Waals surface area contributed by atoms with Gasteiger partial charge in [-0.1, -0.05) is 31.5 Å². The van der Waals surface area contributed by atoms with Crippen LogP contribution in [0.4, 0.5) is 5.69 Å². The Bertz CT molecular complexity index is 693. The van der Waals surface area contributed by atoms with Gasteiger partial charge in [-0.2, -0.15) is 5.26 Å². The molecule has 0 aliphatic carbocycles. The van der Waals surface area contributed by atoms with Crippen molar-refractivity contribution in [3.63, 3.8) is 0 Å². The number of benzene rings is 1. The van der Waals surface area contributed by atoms with Crippen LogP contribution in [-0.4, -0.2) is 23.0 Å². The summed E-state index contributed by atoms with van der Waals surface area (Å²) in [6.07, 6.45) is 1.51. The van der Waals surface area contributed by atoms with E-state index in [-0.39, 0.29) is 11.5 Å². The molecule has 1 unspecified atom stereocenters.